The number of thioether (sulfide) groups is 1. The molecular weight excluding hydrogens is 374 g/mol. The standard InChI is InChI=1S/C21H19N3OS2/c1-2-15-8-10-17(11-9-15)20-22-18(13-26-20)14-27-21-24-23-19(25-21)12-16-6-4-3-5-7-16/h3-11,13H,2,12,14H2,1H3. The minimum absolute atomic E-state index is 0.586. The van der Waals surface area contributed by atoms with Gasteiger partial charge >= 0.3 is 0 Å². The lowest BCUT2D eigenvalue weighted by atomic mass is 10.1. The van der Waals surface area contributed by atoms with E-state index >= 15 is 0 Å². The summed E-state index contributed by atoms with van der Waals surface area (Å²) in [5, 5.41) is 12.0. The zero-order valence-corrected chi connectivity index (χ0v) is 16.6. The summed E-state index contributed by atoms with van der Waals surface area (Å²) in [4.78, 5) is 4.73. The van der Waals surface area contributed by atoms with Crippen LogP contribution in [0.1, 0.15) is 29.6 Å². The van der Waals surface area contributed by atoms with Crippen molar-refractivity contribution in [3.63, 3.8) is 0 Å². The van der Waals surface area contributed by atoms with Crippen molar-refractivity contribution in [3.8, 4) is 10.6 Å². The molecule has 2 aromatic carbocycles. The minimum atomic E-state index is 0.586. The van der Waals surface area contributed by atoms with E-state index in [1.807, 2.05) is 18.2 Å². The second-order valence-electron chi connectivity index (χ2n) is 6.11. The molecule has 2 aromatic heterocycles. The third-order valence-electron chi connectivity index (χ3n) is 4.15. The van der Waals surface area contributed by atoms with E-state index < -0.39 is 0 Å². The van der Waals surface area contributed by atoms with Gasteiger partial charge in [0.05, 0.1) is 12.1 Å². The molecule has 0 aliphatic heterocycles. The SMILES string of the molecule is CCc1ccc(-c2nc(CSc3nnc(Cc4ccccc4)o3)cs2)cc1. The van der Waals surface area contributed by atoms with Crippen molar-refractivity contribution in [1.29, 1.82) is 0 Å². The Morgan fingerprint density at radius 2 is 1.78 bits per heavy atom. The molecule has 0 amide bonds. The van der Waals surface area contributed by atoms with Crippen molar-refractivity contribution in [2.24, 2.45) is 0 Å². The largest absolute Gasteiger partial charge is 0.416 e. The lowest BCUT2D eigenvalue weighted by Crippen LogP contribution is -1.87. The summed E-state index contributed by atoms with van der Waals surface area (Å²) >= 11 is 3.19. The Morgan fingerprint density at radius 3 is 2.56 bits per heavy atom. The lowest BCUT2D eigenvalue weighted by molar-refractivity contribution is 0.420. The summed E-state index contributed by atoms with van der Waals surface area (Å²) in [6, 6.07) is 18.7. The van der Waals surface area contributed by atoms with E-state index in [4.69, 9.17) is 9.40 Å². The highest BCUT2D eigenvalue weighted by atomic mass is 32.2. The molecule has 27 heavy (non-hydrogen) atoms. The molecule has 0 radical (unpaired) electrons. The normalized spacial score (nSPS) is 11.0. The molecule has 2 heterocycles. The van der Waals surface area contributed by atoms with Gasteiger partial charge in [-0.2, -0.15) is 0 Å². The van der Waals surface area contributed by atoms with Gasteiger partial charge < -0.3 is 4.42 Å². The highest BCUT2D eigenvalue weighted by molar-refractivity contribution is 7.98. The van der Waals surface area contributed by atoms with Crippen molar-refractivity contribution < 1.29 is 4.42 Å². The molecule has 4 rings (SSSR count). The van der Waals surface area contributed by atoms with Crippen LogP contribution in [0.15, 0.2) is 69.6 Å². The van der Waals surface area contributed by atoms with E-state index in [1.54, 1.807) is 11.3 Å². The van der Waals surface area contributed by atoms with Gasteiger partial charge in [0.25, 0.3) is 5.22 Å². The molecule has 0 saturated carbocycles. The Kier molecular flexibility index (Phi) is 5.65. The fraction of sp³-hybridized carbons (Fsp3) is 0.190. The van der Waals surface area contributed by atoms with Gasteiger partial charge in [0.15, 0.2) is 0 Å². The first-order chi connectivity index (χ1) is 13.3. The minimum Gasteiger partial charge on any atom is -0.416 e. The van der Waals surface area contributed by atoms with E-state index in [1.165, 1.54) is 17.3 Å². The van der Waals surface area contributed by atoms with Gasteiger partial charge in [-0.1, -0.05) is 73.3 Å². The van der Waals surface area contributed by atoms with Crippen LogP contribution < -0.4 is 0 Å². The maximum atomic E-state index is 5.74. The number of hydrogen-bond donors (Lipinski definition) is 0. The zero-order chi connectivity index (χ0) is 18.5. The molecule has 0 unspecified atom stereocenters. The Balaban J connectivity index is 1.36. The van der Waals surface area contributed by atoms with Crippen LogP contribution in [-0.4, -0.2) is 15.2 Å². The highest BCUT2D eigenvalue weighted by Crippen LogP contribution is 2.28. The number of nitrogens with zero attached hydrogens (tertiary/aromatic N) is 3. The van der Waals surface area contributed by atoms with E-state index in [-0.39, 0.29) is 0 Å². The van der Waals surface area contributed by atoms with E-state index in [0.717, 1.165) is 34.0 Å². The van der Waals surface area contributed by atoms with Crippen LogP contribution in [0.25, 0.3) is 10.6 Å². The molecule has 0 N–H and O–H groups in total. The first-order valence-corrected chi connectivity index (χ1v) is 10.7. The molecule has 0 spiro atoms. The molecule has 0 fully saturated rings. The smallest absolute Gasteiger partial charge is 0.276 e. The Morgan fingerprint density at radius 1 is 0.963 bits per heavy atom. The highest BCUT2D eigenvalue weighted by Gasteiger charge is 2.10. The number of thiazole rings is 1. The monoisotopic (exact) mass is 393 g/mol. The van der Waals surface area contributed by atoms with Crippen LogP contribution in [0, 0.1) is 0 Å². The molecular formula is C21H19N3OS2. The second-order valence-corrected chi connectivity index (χ2v) is 7.89. The van der Waals surface area contributed by atoms with Crippen LogP contribution in [0.5, 0.6) is 0 Å². The number of benzene rings is 2. The number of rotatable bonds is 7. The molecule has 6 heteroatoms. The molecule has 0 bridgehead atoms. The number of aromatic nitrogens is 3. The zero-order valence-electron chi connectivity index (χ0n) is 15.0. The fourth-order valence-corrected chi connectivity index (χ4v) is 4.27. The Labute approximate surface area is 166 Å². The predicted octanol–water partition coefficient (Wildman–Crippen LogP) is 5.64. The van der Waals surface area contributed by atoms with Crippen molar-refractivity contribution in [1.82, 2.24) is 15.2 Å². The number of hydrogen-bond acceptors (Lipinski definition) is 6. The van der Waals surface area contributed by atoms with Crippen molar-refractivity contribution >= 4 is 23.1 Å². The average molecular weight is 394 g/mol. The number of aryl methyl sites for hydroxylation is 1. The second kappa shape index (κ2) is 8.50. The molecule has 0 atom stereocenters. The van der Waals surface area contributed by atoms with Gasteiger partial charge in [-0.05, 0) is 17.5 Å². The summed E-state index contributed by atoms with van der Waals surface area (Å²) < 4.78 is 5.74. The molecule has 0 aliphatic rings. The van der Waals surface area contributed by atoms with Gasteiger partial charge in [0.2, 0.25) is 5.89 Å². The van der Waals surface area contributed by atoms with E-state index in [9.17, 15) is 0 Å². The molecule has 0 aliphatic carbocycles. The van der Waals surface area contributed by atoms with Gasteiger partial charge in [-0.3, -0.25) is 0 Å². The fourth-order valence-electron chi connectivity index (χ4n) is 2.66. The van der Waals surface area contributed by atoms with E-state index in [0.29, 0.717) is 17.5 Å². The predicted molar refractivity (Wildman–Crippen MR) is 110 cm³/mol. The van der Waals surface area contributed by atoms with Crippen LogP contribution >= 0.6 is 23.1 Å². The van der Waals surface area contributed by atoms with Crippen molar-refractivity contribution in [3.05, 3.63) is 82.7 Å². The topological polar surface area (TPSA) is 51.8 Å². The first-order valence-electron chi connectivity index (χ1n) is 8.83. The van der Waals surface area contributed by atoms with Crippen LogP contribution in [0.4, 0.5) is 0 Å². The van der Waals surface area contributed by atoms with Crippen molar-refractivity contribution in [2.75, 3.05) is 0 Å². The molecule has 4 nitrogen and oxygen atoms in total. The van der Waals surface area contributed by atoms with Gasteiger partial charge in [0, 0.05) is 16.7 Å². The molecule has 4 aromatic rings. The molecule has 136 valence electrons. The quantitative estimate of drug-likeness (QED) is 0.380. The third kappa shape index (κ3) is 4.64. The van der Waals surface area contributed by atoms with Crippen LogP contribution in [0.2, 0.25) is 0 Å². The van der Waals surface area contributed by atoms with Gasteiger partial charge in [-0.25, -0.2) is 4.98 Å². The van der Waals surface area contributed by atoms with Gasteiger partial charge in [0.1, 0.15) is 5.01 Å². The summed E-state index contributed by atoms with van der Waals surface area (Å²) in [6.45, 7) is 2.16. The van der Waals surface area contributed by atoms with Crippen molar-refractivity contribution in [2.45, 2.75) is 30.7 Å². The Hall–Kier alpha value is -2.44. The summed E-state index contributed by atoms with van der Waals surface area (Å²) in [6.07, 6.45) is 1.71. The lowest BCUT2D eigenvalue weighted by Gasteiger charge is -1.99. The summed E-state index contributed by atoms with van der Waals surface area (Å²) in [5.41, 5.74) is 4.70. The third-order valence-corrected chi connectivity index (χ3v) is 5.94. The van der Waals surface area contributed by atoms with E-state index in [2.05, 4.69) is 58.9 Å². The summed E-state index contributed by atoms with van der Waals surface area (Å²) in [5.74, 6) is 1.36. The Bertz CT molecular complexity index is 994. The first kappa shape index (κ1) is 17.9. The maximum absolute atomic E-state index is 5.74. The van der Waals surface area contributed by atoms with Crippen LogP contribution in [0.3, 0.4) is 0 Å². The molecule has 0 saturated heterocycles. The summed E-state index contributed by atoms with van der Waals surface area (Å²) in [7, 11) is 0. The van der Waals surface area contributed by atoms with Crippen LogP contribution in [-0.2, 0) is 18.6 Å². The average Bonchev–Trinajstić information content (AvgIpc) is 3.37. The maximum Gasteiger partial charge on any atom is 0.276 e. The van der Waals surface area contributed by atoms with Gasteiger partial charge in [-0.15, -0.1) is 21.5 Å².